The molecule has 6 nitrogen and oxygen atoms in total. The second kappa shape index (κ2) is 7.37. The topological polar surface area (TPSA) is 79.9 Å². The molecule has 30 heavy (non-hydrogen) atoms. The Labute approximate surface area is 173 Å². The van der Waals surface area contributed by atoms with Crippen LogP contribution in [-0.2, 0) is 11.4 Å². The van der Waals surface area contributed by atoms with Crippen LogP contribution < -0.4 is 10.1 Å². The number of para-hydroxylation sites is 2. The van der Waals surface area contributed by atoms with E-state index in [2.05, 4.69) is 16.4 Å². The van der Waals surface area contributed by atoms with E-state index in [1.807, 2.05) is 83.4 Å². The second-order valence-corrected chi connectivity index (χ2v) is 7.18. The van der Waals surface area contributed by atoms with Crippen molar-refractivity contribution in [3.05, 3.63) is 90.0 Å². The maximum absolute atomic E-state index is 12.6. The number of amides is 1. The minimum Gasteiger partial charge on any atom is -0.489 e. The zero-order valence-corrected chi connectivity index (χ0v) is 16.0. The fourth-order valence-corrected chi connectivity index (χ4v) is 3.87. The van der Waals surface area contributed by atoms with Gasteiger partial charge in [-0.3, -0.25) is 10.1 Å². The number of fused-ring (bicyclic) bond motifs is 3. The van der Waals surface area contributed by atoms with Gasteiger partial charge in [-0.05, 0) is 35.4 Å². The molecule has 2 unspecified atom stereocenters. The molecule has 0 spiro atoms. The molecule has 1 aliphatic rings. The van der Waals surface area contributed by atoms with E-state index in [-0.39, 0.29) is 5.91 Å². The van der Waals surface area contributed by atoms with Crippen molar-refractivity contribution in [2.45, 2.75) is 12.6 Å². The predicted molar refractivity (Wildman–Crippen MR) is 113 cm³/mol. The third kappa shape index (κ3) is 3.07. The molecule has 146 valence electrons. The number of nitrogens with zero attached hydrogens (tertiary/aromatic N) is 3. The Morgan fingerprint density at radius 2 is 1.73 bits per heavy atom. The van der Waals surface area contributed by atoms with Gasteiger partial charge in [-0.1, -0.05) is 54.6 Å². The fourth-order valence-electron chi connectivity index (χ4n) is 3.87. The first kappa shape index (κ1) is 18.0. The standard InChI is InChI=1S/C24H18N4O2/c25-14-19-22(28-21-9-5-4-8-20(21)26-24(28)27-23(19)29)17-10-12-18(13-11-17)30-15-16-6-2-1-3-7-16/h1-13,19,22H,15H2,(H,26,27,29). The molecule has 0 bridgehead atoms. The summed E-state index contributed by atoms with van der Waals surface area (Å²) in [6.07, 6.45) is 0. The number of carbonyl (C=O) groups is 1. The van der Waals surface area contributed by atoms with E-state index in [0.717, 1.165) is 27.9 Å². The maximum atomic E-state index is 12.6. The highest BCUT2D eigenvalue weighted by Gasteiger charge is 2.38. The third-order valence-electron chi connectivity index (χ3n) is 5.32. The summed E-state index contributed by atoms with van der Waals surface area (Å²) in [5.74, 6) is -0.00454. The molecule has 0 saturated heterocycles. The van der Waals surface area contributed by atoms with E-state index in [4.69, 9.17) is 4.74 Å². The van der Waals surface area contributed by atoms with Crippen LogP contribution in [0, 0.1) is 17.2 Å². The molecule has 3 aromatic carbocycles. The van der Waals surface area contributed by atoms with Crippen LogP contribution in [0.25, 0.3) is 11.0 Å². The van der Waals surface area contributed by atoms with Crippen LogP contribution in [0.15, 0.2) is 78.9 Å². The Bertz CT molecular complexity index is 1260. The molecular weight excluding hydrogens is 376 g/mol. The van der Waals surface area contributed by atoms with Gasteiger partial charge in [-0.2, -0.15) is 5.26 Å². The molecule has 2 atom stereocenters. The first-order valence-electron chi connectivity index (χ1n) is 9.69. The molecule has 2 heterocycles. The summed E-state index contributed by atoms with van der Waals surface area (Å²) in [7, 11) is 0. The fraction of sp³-hybridized carbons (Fsp3) is 0.125. The number of imidazole rings is 1. The Hall–Kier alpha value is -4.11. The lowest BCUT2D eigenvalue weighted by Gasteiger charge is -2.30. The highest BCUT2D eigenvalue weighted by molar-refractivity contribution is 5.97. The first-order chi connectivity index (χ1) is 14.7. The molecule has 0 aliphatic carbocycles. The summed E-state index contributed by atoms with van der Waals surface area (Å²) >= 11 is 0. The van der Waals surface area contributed by atoms with Gasteiger partial charge in [0.2, 0.25) is 11.9 Å². The van der Waals surface area contributed by atoms with Crippen LogP contribution in [-0.4, -0.2) is 15.5 Å². The van der Waals surface area contributed by atoms with Crippen LogP contribution in [0.4, 0.5) is 5.95 Å². The number of hydrogen-bond donors (Lipinski definition) is 1. The van der Waals surface area contributed by atoms with E-state index >= 15 is 0 Å². The van der Waals surface area contributed by atoms with E-state index in [1.165, 1.54) is 0 Å². The highest BCUT2D eigenvalue weighted by atomic mass is 16.5. The number of aromatic nitrogens is 2. The zero-order valence-electron chi connectivity index (χ0n) is 16.0. The van der Waals surface area contributed by atoms with Crippen molar-refractivity contribution in [2.24, 2.45) is 5.92 Å². The lowest BCUT2D eigenvalue weighted by molar-refractivity contribution is -0.119. The molecule has 5 rings (SSSR count). The number of rotatable bonds is 4. The quantitative estimate of drug-likeness (QED) is 0.560. The van der Waals surface area contributed by atoms with Crippen molar-refractivity contribution in [1.29, 1.82) is 5.26 Å². The van der Waals surface area contributed by atoms with Gasteiger partial charge in [0, 0.05) is 0 Å². The van der Waals surface area contributed by atoms with E-state index in [0.29, 0.717) is 12.6 Å². The van der Waals surface area contributed by atoms with Crippen LogP contribution in [0.2, 0.25) is 0 Å². The van der Waals surface area contributed by atoms with Crippen molar-refractivity contribution in [1.82, 2.24) is 9.55 Å². The van der Waals surface area contributed by atoms with E-state index < -0.39 is 12.0 Å². The van der Waals surface area contributed by atoms with Gasteiger partial charge in [-0.25, -0.2) is 4.98 Å². The SMILES string of the molecule is N#CC1C(=O)Nc2nc3ccccc3n2C1c1ccc(OCc2ccccc2)cc1. The van der Waals surface area contributed by atoms with Crippen LogP contribution in [0.5, 0.6) is 5.75 Å². The predicted octanol–water partition coefficient (Wildman–Crippen LogP) is 4.30. The van der Waals surface area contributed by atoms with Crippen molar-refractivity contribution in [3.63, 3.8) is 0 Å². The molecule has 0 radical (unpaired) electrons. The molecule has 1 amide bonds. The average Bonchev–Trinajstić information content (AvgIpc) is 3.15. The zero-order chi connectivity index (χ0) is 20.5. The normalized spacial score (nSPS) is 17.8. The number of nitriles is 1. The summed E-state index contributed by atoms with van der Waals surface area (Å²) in [6, 6.07) is 26.9. The first-order valence-corrected chi connectivity index (χ1v) is 9.69. The van der Waals surface area contributed by atoms with Gasteiger partial charge in [-0.15, -0.1) is 0 Å². The highest BCUT2D eigenvalue weighted by Crippen LogP contribution is 2.38. The molecule has 1 N–H and O–H groups in total. The maximum Gasteiger partial charge on any atom is 0.246 e. The molecule has 6 heteroatoms. The van der Waals surface area contributed by atoms with Crippen molar-refractivity contribution in [3.8, 4) is 11.8 Å². The second-order valence-electron chi connectivity index (χ2n) is 7.18. The van der Waals surface area contributed by atoms with Crippen LogP contribution in [0.3, 0.4) is 0 Å². The number of hydrogen-bond acceptors (Lipinski definition) is 4. The summed E-state index contributed by atoms with van der Waals surface area (Å²) in [5, 5.41) is 12.5. The largest absolute Gasteiger partial charge is 0.489 e. The summed E-state index contributed by atoms with van der Waals surface area (Å²) in [5.41, 5.74) is 3.60. The van der Waals surface area contributed by atoms with E-state index in [1.54, 1.807) is 0 Å². The van der Waals surface area contributed by atoms with Gasteiger partial charge in [0.1, 0.15) is 12.4 Å². The smallest absolute Gasteiger partial charge is 0.246 e. The molecule has 4 aromatic rings. The number of ether oxygens (including phenoxy) is 1. The third-order valence-corrected chi connectivity index (χ3v) is 5.32. The van der Waals surface area contributed by atoms with Crippen molar-refractivity contribution >= 4 is 22.9 Å². The number of benzene rings is 3. The Morgan fingerprint density at radius 1 is 1.00 bits per heavy atom. The number of nitrogens with one attached hydrogen (secondary N) is 1. The van der Waals surface area contributed by atoms with E-state index in [9.17, 15) is 10.1 Å². The Morgan fingerprint density at radius 3 is 2.50 bits per heavy atom. The van der Waals surface area contributed by atoms with Gasteiger partial charge in [0.15, 0.2) is 5.92 Å². The number of anilines is 1. The molecule has 1 aliphatic heterocycles. The van der Waals surface area contributed by atoms with Crippen LogP contribution in [0.1, 0.15) is 17.2 Å². The molecular formula is C24H18N4O2. The Balaban J connectivity index is 1.49. The van der Waals surface area contributed by atoms with Gasteiger partial charge in [0.25, 0.3) is 0 Å². The minimum absolute atomic E-state index is 0.338. The van der Waals surface area contributed by atoms with Crippen LogP contribution >= 0.6 is 0 Å². The summed E-state index contributed by atoms with van der Waals surface area (Å²) in [4.78, 5) is 17.1. The monoisotopic (exact) mass is 394 g/mol. The molecule has 0 saturated carbocycles. The van der Waals surface area contributed by atoms with Crippen molar-refractivity contribution in [2.75, 3.05) is 5.32 Å². The lowest BCUT2D eigenvalue weighted by atomic mass is 9.91. The van der Waals surface area contributed by atoms with Gasteiger partial charge < -0.3 is 9.30 Å². The van der Waals surface area contributed by atoms with Gasteiger partial charge >= 0.3 is 0 Å². The molecule has 0 fully saturated rings. The van der Waals surface area contributed by atoms with Crippen molar-refractivity contribution < 1.29 is 9.53 Å². The lowest BCUT2D eigenvalue weighted by Crippen LogP contribution is -2.37. The Kier molecular flexibility index (Phi) is 4.41. The summed E-state index contributed by atoms with van der Waals surface area (Å²) < 4.78 is 7.80. The summed E-state index contributed by atoms with van der Waals surface area (Å²) in [6.45, 7) is 0.475. The van der Waals surface area contributed by atoms with Gasteiger partial charge in [0.05, 0.1) is 23.1 Å². The number of carbonyl (C=O) groups excluding carboxylic acids is 1. The molecule has 1 aromatic heterocycles. The average molecular weight is 394 g/mol. The minimum atomic E-state index is -0.855.